The molecule has 176 valence electrons. The van der Waals surface area contributed by atoms with Crippen LogP contribution in [0.3, 0.4) is 0 Å². The van der Waals surface area contributed by atoms with E-state index in [4.69, 9.17) is 9.40 Å². The second-order valence-corrected chi connectivity index (χ2v) is 8.51. The number of aliphatic imine (C=N–C) groups is 1. The van der Waals surface area contributed by atoms with E-state index in [0.29, 0.717) is 6.54 Å². The molecule has 0 amide bonds. The number of halogens is 1. The van der Waals surface area contributed by atoms with Gasteiger partial charge in [-0.05, 0) is 62.5 Å². The van der Waals surface area contributed by atoms with Crippen molar-refractivity contribution < 1.29 is 4.42 Å². The first-order valence-corrected chi connectivity index (χ1v) is 11.8. The van der Waals surface area contributed by atoms with Gasteiger partial charge in [-0.25, -0.2) is 4.98 Å². The molecule has 0 radical (unpaired) electrons. The summed E-state index contributed by atoms with van der Waals surface area (Å²) in [6, 6.07) is 8.58. The molecule has 32 heavy (non-hydrogen) atoms. The van der Waals surface area contributed by atoms with Crippen LogP contribution in [0.5, 0.6) is 0 Å². The van der Waals surface area contributed by atoms with Gasteiger partial charge < -0.3 is 20.0 Å². The minimum atomic E-state index is 0. The van der Waals surface area contributed by atoms with Crippen LogP contribution in [0.4, 0.5) is 5.82 Å². The van der Waals surface area contributed by atoms with Crippen LogP contribution < -0.4 is 15.5 Å². The number of furan rings is 1. The van der Waals surface area contributed by atoms with E-state index in [1.54, 1.807) is 6.26 Å². The van der Waals surface area contributed by atoms with Gasteiger partial charge in [-0.15, -0.1) is 24.0 Å². The van der Waals surface area contributed by atoms with E-state index in [-0.39, 0.29) is 30.0 Å². The van der Waals surface area contributed by atoms with Crippen LogP contribution in [-0.4, -0.2) is 55.6 Å². The Kier molecular flexibility index (Phi) is 10.1. The third kappa shape index (κ3) is 6.84. The van der Waals surface area contributed by atoms with Crippen molar-refractivity contribution in [2.75, 3.05) is 44.7 Å². The Morgan fingerprint density at radius 3 is 2.41 bits per heavy atom. The minimum absolute atomic E-state index is 0. The largest absolute Gasteiger partial charge is 0.468 e. The van der Waals surface area contributed by atoms with Crippen molar-refractivity contribution in [2.24, 2.45) is 4.99 Å². The van der Waals surface area contributed by atoms with E-state index in [2.05, 4.69) is 43.6 Å². The summed E-state index contributed by atoms with van der Waals surface area (Å²) in [6.07, 6.45) is 11.5. The first kappa shape index (κ1) is 24.8. The summed E-state index contributed by atoms with van der Waals surface area (Å²) in [5.41, 5.74) is 1.16. The predicted octanol–water partition coefficient (Wildman–Crippen LogP) is 4.18. The number of nitrogens with one attached hydrogen (secondary N) is 2. The summed E-state index contributed by atoms with van der Waals surface area (Å²) < 4.78 is 5.72. The van der Waals surface area contributed by atoms with Gasteiger partial charge in [0.25, 0.3) is 0 Å². The van der Waals surface area contributed by atoms with E-state index in [1.807, 2.05) is 19.3 Å². The Balaban J connectivity index is 0.00000289. The number of hydrogen-bond donors (Lipinski definition) is 2. The predicted molar refractivity (Wildman–Crippen MR) is 141 cm³/mol. The molecule has 4 heterocycles. The van der Waals surface area contributed by atoms with Crippen molar-refractivity contribution in [3.8, 4) is 0 Å². The normalized spacial score (nSPS) is 18.7. The number of hydrogen-bond acceptors (Lipinski definition) is 5. The van der Waals surface area contributed by atoms with E-state index in [0.717, 1.165) is 55.8 Å². The number of aromatic nitrogens is 1. The molecule has 2 N–H and O–H groups in total. The highest BCUT2D eigenvalue weighted by Crippen LogP contribution is 2.24. The third-order valence-electron chi connectivity index (χ3n) is 6.34. The zero-order valence-electron chi connectivity index (χ0n) is 19.1. The summed E-state index contributed by atoms with van der Waals surface area (Å²) in [5.74, 6) is 2.91. The molecule has 0 spiro atoms. The number of rotatable bonds is 7. The summed E-state index contributed by atoms with van der Waals surface area (Å²) in [4.78, 5) is 14.0. The van der Waals surface area contributed by atoms with Gasteiger partial charge in [0.15, 0.2) is 5.96 Å². The number of guanidine groups is 1. The van der Waals surface area contributed by atoms with Crippen LogP contribution in [0, 0.1) is 0 Å². The zero-order chi connectivity index (χ0) is 21.3. The highest BCUT2D eigenvalue weighted by atomic mass is 127. The lowest BCUT2D eigenvalue weighted by molar-refractivity contribution is 0.215. The zero-order valence-corrected chi connectivity index (χ0v) is 21.5. The van der Waals surface area contributed by atoms with Crippen molar-refractivity contribution in [3.05, 3.63) is 48.0 Å². The van der Waals surface area contributed by atoms with E-state index < -0.39 is 0 Å². The number of pyridine rings is 1. The summed E-state index contributed by atoms with van der Waals surface area (Å²) in [5, 5.41) is 6.91. The van der Waals surface area contributed by atoms with Gasteiger partial charge in [0.1, 0.15) is 11.6 Å². The topological polar surface area (TPSA) is 68.9 Å². The Morgan fingerprint density at radius 2 is 1.78 bits per heavy atom. The Bertz CT molecular complexity index is 796. The molecule has 0 aliphatic carbocycles. The molecule has 2 aliphatic rings. The first-order chi connectivity index (χ1) is 15.3. The van der Waals surface area contributed by atoms with Crippen molar-refractivity contribution in [1.29, 1.82) is 0 Å². The molecule has 2 aromatic heterocycles. The molecule has 0 saturated carbocycles. The number of anilines is 1. The number of likely N-dealkylation sites (tertiary alicyclic amines) is 1. The smallest absolute Gasteiger partial charge is 0.191 e. The fourth-order valence-electron chi connectivity index (χ4n) is 4.55. The van der Waals surface area contributed by atoms with Crippen LogP contribution in [0.25, 0.3) is 0 Å². The average Bonchev–Trinajstić information content (AvgIpc) is 3.47. The Morgan fingerprint density at radius 1 is 1.03 bits per heavy atom. The standard InChI is InChI=1S/C24H36N6O.HI/c1-25-24(28-19-21(22-9-8-16-31-22)29-12-6-7-13-29)27-18-20-10-11-23(26-17-20)30-14-4-2-3-5-15-30;/h8-11,16-17,21H,2-7,12-15,18-19H2,1H3,(H2,25,27,28);1H. The molecule has 0 aromatic carbocycles. The minimum Gasteiger partial charge on any atom is -0.468 e. The van der Waals surface area contributed by atoms with E-state index >= 15 is 0 Å². The van der Waals surface area contributed by atoms with Gasteiger partial charge in [-0.3, -0.25) is 9.89 Å². The Hall–Kier alpha value is -1.81. The SMILES string of the molecule is CN=C(NCc1ccc(N2CCCCCC2)nc1)NCC(c1ccco1)N1CCCC1.I. The summed E-state index contributed by atoms with van der Waals surface area (Å²) >= 11 is 0. The van der Waals surface area contributed by atoms with Gasteiger partial charge in [0.2, 0.25) is 0 Å². The number of nitrogens with zero attached hydrogens (tertiary/aromatic N) is 4. The molecule has 2 saturated heterocycles. The molecular weight excluding hydrogens is 515 g/mol. The molecule has 4 rings (SSSR count). The third-order valence-corrected chi connectivity index (χ3v) is 6.34. The molecule has 2 fully saturated rings. The molecule has 1 unspecified atom stereocenters. The molecule has 2 aromatic rings. The van der Waals surface area contributed by atoms with Crippen LogP contribution in [-0.2, 0) is 6.54 Å². The maximum absolute atomic E-state index is 5.72. The monoisotopic (exact) mass is 552 g/mol. The van der Waals surface area contributed by atoms with Gasteiger partial charge in [-0.2, -0.15) is 0 Å². The van der Waals surface area contributed by atoms with Gasteiger partial charge in [0.05, 0.1) is 12.3 Å². The van der Waals surface area contributed by atoms with Crippen LogP contribution >= 0.6 is 24.0 Å². The Labute approximate surface area is 209 Å². The van der Waals surface area contributed by atoms with Crippen molar-refractivity contribution in [1.82, 2.24) is 20.5 Å². The molecule has 1 atom stereocenters. The van der Waals surface area contributed by atoms with Crippen LogP contribution in [0.1, 0.15) is 55.9 Å². The highest BCUT2D eigenvalue weighted by molar-refractivity contribution is 14.0. The fourth-order valence-corrected chi connectivity index (χ4v) is 4.55. The van der Waals surface area contributed by atoms with Crippen molar-refractivity contribution in [2.45, 2.75) is 51.1 Å². The second-order valence-electron chi connectivity index (χ2n) is 8.51. The maximum atomic E-state index is 5.72. The van der Waals surface area contributed by atoms with Crippen LogP contribution in [0.15, 0.2) is 46.1 Å². The van der Waals surface area contributed by atoms with Crippen LogP contribution in [0.2, 0.25) is 0 Å². The highest BCUT2D eigenvalue weighted by Gasteiger charge is 2.25. The summed E-state index contributed by atoms with van der Waals surface area (Å²) in [7, 11) is 1.81. The first-order valence-electron chi connectivity index (χ1n) is 11.8. The molecular formula is C24H37IN6O. The fraction of sp³-hybridized carbons (Fsp3) is 0.583. The van der Waals surface area contributed by atoms with Crippen molar-refractivity contribution >= 4 is 35.8 Å². The van der Waals surface area contributed by atoms with Gasteiger partial charge in [0, 0.05) is 39.4 Å². The van der Waals surface area contributed by atoms with Crippen molar-refractivity contribution in [3.63, 3.8) is 0 Å². The lowest BCUT2D eigenvalue weighted by atomic mass is 10.2. The van der Waals surface area contributed by atoms with Gasteiger partial charge in [-0.1, -0.05) is 18.9 Å². The van der Waals surface area contributed by atoms with E-state index in [9.17, 15) is 0 Å². The average molecular weight is 553 g/mol. The quantitative estimate of drug-likeness (QED) is 0.305. The molecule has 2 aliphatic heterocycles. The van der Waals surface area contributed by atoms with E-state index in [1.165, 1.54) is 38.5 Å². The lowest BCUT2D eigenvalue weighted by Gasteiger charge is -2.26. The molecule has 8 heteroatoms. The van der Waals surface area contributed by atoms with Gasteiger partial charge >= 0.3 is 0 Å². The maximum Gasteiger partial charge on any atom is 0.191 e. The second kappa shape index (κ2) is 13.0. The summed E-state index contributed by atoms with van der Waals surface area (Å²) in [6.45, 7) is 5.94. The molecule has 7 nitrogen and oxygen atoms in total. The lowest BCUT2D eigenvalue weighted by Crippen LogP contribution is -2.42. The molecule has 0 bridgehead atoms.